The molecule has 0 bridgehead atoms. The Bertz CT molecular complexity index is 5420. The molecule has 2 aliphatic heterocycles. The fourth-order valence-corrected chi connectivity index (χ4v) is 14.9. The van der Waals surface area contributed by atoms with Gasteiger partial charge in [-0.3, -0.25) is 0 Å². The van der Waals surface area contributed by atoms with E-state index < -0.39 is 0 Å². The second-order valence-corrected chi connectivity index (χ2v) is 21.0. The van der Waals surface area contributed by atoms with Gasteiger partial charge in [0.2, 0.25) is 0 Å². The van der Waals surface area contributed by atoms with Crippen LogP contribution >= 0.6 is 0 Å². The van der Waals surface area contributed by atoms with Crippen molar-refractivity contribution in [2.24, 2.45) is 0 Å². The molecule has 3 nitrogen and oxygen atoms in total. The minimum Gasteiger partial charge on any atom is -0.310 e. The van der Waals surface area contributed by atoms with E-state index in [1.807, 2.05) is 0 Å². The van der Waals surface area contributed by atoms with Crippen molar-refractivity contribution < 1.29 is 0 Å². The molecule has 3 aromatic heterocycles. The molecule has 0 atom stereocenters. The number of nitrogens with zero attached hydrogens (tertiary/aromatic N) is 3. The van der Waals surface area contributed by atoms with Crippen LogP contribution in [0.2, 0.25) is 0 Å². The SMILES string of the molecule is c1ccc2c(c1)ccc1c2c2c3ccccc3ccc2n1-c1c2c3c(c4ccccc14)-n1c4ccc5ccccc5c4c4c5ccccc5cc(c41)B3c1cc3ccccc3c3c4c5ccccc5ccc4n-2c13. The van der Waals surface area contributed by atoms with Crippen molar-refractivity contribution in [3.8, 4) is 17.1 Å². The van der Waals surface area contributed by atoms with E-state index in [9.17, 15) is 0 Å². The first-order valence-electron chi connectivity index (χ1n) is 26.0. The summed E-state index contributed by atoms with van der Waals surface area (Å²) in [5.41, 5.74) is 15.3. The van der Waals surface area contributed by atoms with Crippen molar-refractivity contribution in [1.82, 2.24) is 13.7 Å². The Morgan fingerprint density at radius 2 is 0.527 bits per heavy atom. The predicted octanol–water partition coefficient (Wildman–Crippen LogP) is 16.2. The van der Waals surface area contributed by atoms with Crippen LogP contribution in [0.25, 0.3) is 158 Å². The Labute approximate surface area is 423 Å². The highest BCUT2D eigenvalue weighted by Crippen LogP contribution is 2.51. The zero-order valence-electron chi connectivity index (χ0n) is 39.9. The van der Waals surface area contributed by atoms with Gasteiger partial charge in [-0.2, -0.15) is 0 Å². The topological polar surface area (TPSA) is 14.8 Å². The van der Waals surface area contributed by atoms with Gasteiger partial charge in [0.15, 0.2) is 0 Å². The number of benzene rings is 14. The molecular weight excluding hydrogens is 894 g/mol. The molecule has 19 rings (SSSR count). The summed E-state index contributed by atoms with van der Waals surface area (Å²) in [5, 5.41) is 25.5. The van der Waals surface area contributed by atoms with Gasteiger partial charge in [0.05, 0.1) is 50.2 Å². The standard InChI is InChI=1S/C70H38BN3/c1-7-21-45-39(15-1)29-33-55-59(45)60-46-22-8-2-16-40(46)30-34-56(60)72(55)67-52-28-14-13-27-51(52)66-65-70(67)74-58-36-32-42-18-4-10-24-48(42)62(58)64-50-26-12-6-20-44(50)38-54(69(64)74)71(65)53-37-43-19-5-11-25-49(43)63-61-47-23-9-3-17-41(47)31-35-57(61)73(66)68(53)63/h1-38H. The van der Waals surface area contributed by atoms with Crippen LogP contribution in [0.15, 0.2) is 231 Å². The fourth-order valence-electron chi connectivity index (χ4n) is 14.9. The average molecular weight is 932 g/mol. The lowest BCUT2D eigenvalue weighted by atomic mass is 9.34. The first-order chi connectivity index (χ1) is 36.8. The Hall–Kier alpha value is -9.64. The lowest BCUT2D eigenvalue weighted by Crippen LogP contribution is -2.59. The van der Waals surface area contributed by atoms with Crippen molar-refractivity contribution in [3.63, 3.8) is 0 Å². The molecule has 17 aromatic rings. The van der Waals surface area contributed by atoms with Crippen LogP contribution in [-0.4, -0.2) is 20.4 Å². The molecule has 4 heteroatoms. The van der Waals surface area contributed by atoms with Gasteiger partial charge < -0.3 is 13.7 Å². The van der Waals surface area contributed by atoms with Crippen LogP contribution in [0.4, 0.5) is 0 Å². The minimum absolute atomic E-state index is 0.108. The summed E-state index contributed by atoms with van der Waals surface area (Å²) < 4.78 is 8.12. The van der Waals surface area contributed by atoms with Gasteiger partial charge in [-0.1, -0.05) is 206 Å². The monoisotopic (exact) mass is 931 g/mol. The third kappa shape index (κ3) is 4.39. The van der Waals surface area contributed by atoms with E-state index in [1.54, 1.807) is 0 Å². The van der Waals surface area contributed by atoms with E-state index in [0.29, 0.717) is 0 Å². The second kappa shape index (κ2) is 13.3. The summed E-state index contributed by atoms with van der Waals surface area (Å²) >= 11 is 0. The van der Waals surface area contributed by atoms with E-state index in [2.05, 4.69) is 244 Å². The summed E-state index contributed by atoms with van der Waals surface area (Å²) in [4.78, 5) is 0. The fraction of sp³-hybridized carbons (Fsp3) is 0. The summed E-state index contributed by atoms with van der Waals surface area (Å²) in [6.07, 6.45) is 0. The Morgan fingerprint density at radius 3 is 0.932 bits per heavy atom. The van der Waals surface area contributed by atoms with Crippen molar-refractivity contribution >= 4 is 164 Å². The van der Waals surface area contributed by atoms with Gasteiger partial charge in [0, 0.05) is 43.1 Å². The first-order valence-corrected chi connectivity index (χ1v) is 26.0. The quantitative estimate of drug-likeness (QED) is 0.146. The third-order valence-corrected chi connectivity index (χ3v) is 17.6. The van der Waals surface area contributed by atoms with E-state index in [4.69, 9.17) is 0 Å². The van der Waals surface area contributed by atoms with Crippen molar-refractivity contribution in [2.75, 3.05) is 0 Å². The molecule has 0 aliphatic carbocycles. The molecule has 0 spiro atoms. The predicted molar refractivity (Wildman–Crippen MR) is 317 cm³/mol. The highest BCUT2D eigenvalue weighted by molar-refractivity contribution is 7.01. The summed E-state index contributed by atoms with van der Waals surface area (Å²) in [7, 11) is 0. The summed E-state index contributed by atoms with van der Waals surface area (Å²) in [6, 6.07) is 87.9. The molecule has 0 fully saturated rings. The van der Waals surface area contributed by atoms with Gasteiger partial charge in [-0.15, -0.1) is 0 Å². The number of hydrogen-bond acceptors (Lipinski definition) is 0. The van der Waals surface area contributed by atoms with Crippen LogP contribution in [-0.2, 0) is 0 Å². The molecule has 0 radical (unpaired) electrons. The largest absolute Gasteiger partial charge is 0.310 e. The van der Waals surface area contributed by atoms with Crippen LogP contribution in [0.1, 0.15) is 0 Å². The maximum atomic E-state index is 2.74. The number of fused-ring (bicyclic) bond motifs is 27. The van der Waals surface area contributed by atoms with Crippen molar-refractivity contribution in [1.29, 1.82) is 0 Å². The molecule has 0 saturated heterocycles. The highest BCUT2D eigenvalue weighted by Gasteiger charge is 2.45. The van der Waals surface area contributed by atoms with Crippen LogP contribution in [0.5, 0.6) is 0 Å². The molecular formula is C70H38BN3. The van der Waals surface area contributed by atoms with Crippen LogP contribution in [0, 0.1) is 0 Å². The molecule has 14 aromatic carbocycles. The molecule has 0 unspecified atom stereocenters. The van der Waals surface area contributed by atoms with E-state index in [1.165, 1.54) is 174 Å². The van der Waals surface area contributed by atoms with Crippen LogP contribution in [0.3, 0.4) is 0 Å². The zero-order chi connectivity index (χ0) is 47.7. The normalized spacial score (nSPS) is 13.1. The Balaban J connectivity index is 1.14. The first kappa shape index (κ1) is 38.1. The third-order valence-electron chi connectivity index (χ3n) is 17.6. The molecule has 0 N–H and O–H groups in total. The maximum Gasteiger partial charge on any atom is 0.252 e. The summed E-state index contributed by atoms with van der Waals surface area (Å²) in [6.45, 7) is -0.108. The van der Waals surface area contributed by atoms with Crippen LogP contribution < -0.4 is 16.4 Å². The lowest BCUT2D eigenvalue weighted by Gasteiger charge is -2.37. The Kier molecular flexibility index (Phi) is 6.82. The Morgan fingerprint density at radius 1 is 0.230 bits per heavy atom. The maximum absolute atomic E-state index is 2.74. The number of aromatic nitrogens is 3. The molecule has 5 heterocycles. The number of hydrogen-bond donors (Lipinski definition) is 0. The van der Waals surface area contributed by atoms with Crippen molar-refractivity contribution in [3.05, 3.63) is 231 Å². The molecule has 2 aliphatic rings. The molecule has 0 saturated carbocycles. The van der Waals surface area contributed by atoms with E-state index >= 15 is 0 Å². The lowest BCUT2D eigenvalue weighted by molar-refractivity contribution is 1.10. The van der Waals surface area contributed by atoms with Gasteiger partial charge in [-0.05, 0) is 105 Å². The minimum atomic E-state index is -0.108. The molecule has 0 amide bonds. The van der Waals surface area contributed by atoms with Gasteiger partial charge in [0.1, 0.15) is 0 Å². The van der Waals surface area contributed by atoms with E-state index in [0.717, 1.165) is 0 Å². The summed E-state index contributed by atoms with van der Waals surface area (Å²) in [5.74, 6) is 0. The average Bonchev–Trinajstić information content (AvgIpc) is 4.25. The van der Waals surface area contributed by atoms with Gasteiger partial charge in [-0.25, -0.2) is 0 Å². The molecule has 336 valence electrons. The number of rotatable bonds is 1. The second-order valence-electron chi connectivity index (χ2n) is 21.0. The highest BCUT2D eigenvalue weighted by atomic mass is 15.1. The van der Waals surface area contributed by atoms with Gasteiger partial charge >= 0.3 is 0 Å². The molecule has 74 heavy (non-hydrogen) atoms. The smallest absolute Gasteiger partial charge is 0.252 e. The van der Waals surface area contributed by atoms with E-state index in [-0.39, 0.29) is 6.71 Å². The van der Waals surface area contributed by atoms with Gasteiger partial charge in [0.25, 0.3) is 6.71 Å². The van der Waals surface area contributed by atoms with Crippen molar-refractivity contribution in [2.45, 2.75) is 0 Å². The zero-order valence-corrected chi connectivity index (χ0v) is 39.9.